The van der Waals surface area contributed by atoms with Gasteiger partial charge in [-0.2, -0.15) is 0 Å². The third-order valence-electron chi connectivity index (χ3n) is 3.31. The summed E-state index contributed by atoms with van der Waals surface area (Å²) in [5.41, 5.74) is 1.19. The lowest BCUT2D eigenvalue weighted by Gasteiger charge is -2.11. The Kier molecular flexibility index (Phi) is 8.60. The van der Waals surface area contributed by atoms with Gasteiger partial charge in [0.05, 0.1) is 12.6 Å². The summed E-state index contributed by atoms with van der Waals surface area (Å²) < 4.78 is 5.64. The SMILES string of the molecule is CCNC(=NCc1ccc(OC(C)C)cc1)NCC1CC1.I. The largest absolute Gasteiger partial charge is 0.491 e. The molecule has 0 heterocycles. The third kappa shape index (κ3) is 7.33. The lowest BCUT2D eigenvalue weighted by Crippen LogP contribution is -2.38. The molecule has 0 atom stereocenters. The number of nitrogens with zero attached hydrogens (tertiary/aromatic N) is 1. The third-order valence-corrected chi connectivity index (χ3v) is 3.31. The van der Waals surface area contributed by atoms with Crippen molar-refractivity contribution < 1.29 is 4.74 Å². The van der Waals surface area contributed by atoms with Crippen molar-refractivity contribution in [3.63, 3.8) is 0 Å². The number of guanidine groups is 1. The van der Waals surface area contributed by atoms with Gasteiger partial charge < -0.3 is 15.4 Å². The molecule has 0 aromatic heterocycles. The van der Waals surface area contributed by atoms with Crippen LogP contribution in [0.15, 0.2) is 29.3 Å². The van der Waals surface area contributed by atoms with Crippen molar-refractivity contribution in [2.75, 3.05) is 13.1 Å². The maximum atomic E-state index is 5.64. The Hall–Kier alpha value is -0.980. The van der Waals surface area contributed by atoms with E-state index in [0.29, 0.717) is 6.54 Å². The average Bonchev–Trinajstić information content (AvgIpc) is 3.27. The van der Waals surface area contributed by atoms with Crippen LogP contribution in [0.1, 0.15) is 39.2 Å². The van der Waals surface area contributed by atoms with E-state index < -0.39 is 0 Å². The first kappa shape index (κ1) is 19.1. The van der Waals surface area contributed by atoms with E-state index in [-0.39, 0.29) is 30.1 Å². The Morgan fingerprint density at radius 3 is 2.45 bits per heavy atom. The molecule has 1 aromatic carbocycles. The van der Waals surface area contributed by atoms with Gasteiger partial charge in [0, 0.05) is 13.1 Å². The molecule has 124 valence electrons. The molecule has 0 amide bonds. The lowest BCUT2D eigenvalue weighted by atomic mass is 10.2. The second-order valence-corrected chi connectivity index (χ2v) is 5.83. The monoisotopic (exact) mass is 417 g/mol. The van der Waals surface area contributed by atoms with Crippen molar-refractivity contribution in [3.05, 3.63) is 29.8 Å². The van der Waals surface area contributed by atoms with Crippen LogP contribution in [0.4, 0.5) is 0 Å². The van der Waals surface area contributed by atoms with Gasteiger partial charge in [-0.3, -0.25) is 0 Å². The Morgan fingerprint density at radius 1 is 1.23 bits per heavy atom. The first-order valence-corrected chi connectivity index (χ1v) is 7.95. The summed E-state index contributed by atoms with van der Waals surface area (Å²) in [6.07, 6.45) is 2.91. The van der Waals surface area contributed by atoms with E-state index in [9.17, 15) is 0 Å². The van der Waals surface area contributed by atoms with Crippen molar-refractivity contribution in [1.29, 1.82) is 0 Å². The van der Waals surface area contributed by atoms with Crippen LogP contribution in [-0.2, 0) is 6.54 Å². The van der Waals surface area contributed by atoms with Crippen LogP contribution < -0.4 is 15.4 Å². The van der Waals surface area contributed by atoms with Gasteiger partial charge in [-0.1, -0.05) is 12.1 Å². The molecule has 1 aromatic rings. The Morgan fingerprint density at radius 2 is 1.91 bits per heavy atom. The first-order valence-electron chi connectivity index (χ1n) is 7.95. The smallest absolute Gasteiger partial charge is 0.191 e. The molecule has 0 unspecified atom stereocenters. The fourth-order valence-corrected chi connectivity index (χ4v) is 2.02. The molecule has 0 saturated heterocycles. The summed E-state index contributed by atoms with van der Waals surface area (Å²) in [4.78, 5) is 4.63. The van der Waals surface area contributed by atoms with Gasteiger partial charge in [0.1, 0.15) is 5.75 Å². The molecular formula is C17H28IN3O. The summed E-state index contributed by atoms with van der Waals surface area (Å²) in [7, 11) is 0. The number of rotatable bonds is 7. The van der Waals surface area contributed by atoms with Gasteiger partial charge in [0.15, 0.2) is 5.96 Å². The van der Waals surface area contributed by atoms with Crippen molar-refractivity contribution in [2.45, 2.75) is 46.3 Å². The van der Waals surface area contributed by atoms with E-state index >= 15 is 0 Å². The van der Waals surface area contributed by atoms with Crippen molar-refractivity contribution in [1.82, 2.24) is 10.6 Å². The Labute approximate surface area is 151 Å². The molecule has 1 aliphatic carbocycles. The highest BCUT2D eigenvalue weighted by atomic mass is 127. The number of ether oxygens (including phenoxy) is 1. The predicted molar refractivity (Wildman–Crippen MR) is 103 cm³/mol. The minimum Gasteiger partial charge on any atom is -0.491 e. The molecule has 2 rings (SSSR count). The summed E-state index contributed by atoms with van der Waals surface area (Å²) in [6, 6.07) is 8.17. The minimum atomic E-state index is 0. The van der Waals surface area contributed by atoms with E-state index in [1.165, 1.54) is 18.4 Å². The van der Waals surface area contributed by atoms with Crippen LogP contribution in [0.3, 0.4) is 0 Å². The van der Waals surface area contributed by atoms with E-state index in [2.05, 4.69) is 34.7 Å². The zero-order valence-electron chi connectivity index (χ0n) is 13.8. The van der Waals surface area contributed by atoms with Gasteiger partial charge in [-0.05, 0) is 57.2 Å². The summed E-state index contributed by atoms with van der Waals surface area (Å²) >= 11 is 0. The van der Waals surface area contributed by atoms with Crippen LogP contribution in [0.5, 0.6) is 5.75 Å². The number of aliphatic imine (C=N–C) groups is 1. The second kappa shape index (κ2) is 9.92. The standard InChI is InChI=1S/C17H27N3O.HI/c1-4-18-17(19-11-14-5-6-14)20-12-15-7-9-16(10-8-15)21-13(2)3;/h7-10,13-14H,4-6,11-12H2,1-3H3,(H2,18,19,20);1H. The molecule has 22 heavy (non-hydrogen) atoms. The highest BCUT2D eigenvalue weighted by Gasteiger charge is 2.20. The molecule has 4 nitrogen and oxygen atoms in total. The number of nitrogens with one attached hydrogen (secondary N) is 2. The van der Waals surface area contributed by atoms with Crippen LogP contribution in [0.25, 0.3) is 0 Å². The number of halogens is 1. The summed E-state index contributed by atoms with van der Waals surface area (Å²) in [6.45, 7) is 8.76. The van der Waals surface area contributed by atoms with Crippen LogP contribution in [0, 0.1) is 5.92 Å². The normalized spacial score (nSPS) is 14.5. The molecule has 2 N–H and O–H groups in total. The molecule has 1 aliphatic rings. The van der Waals surface area contributed by atoms with Gasteiger partial charge in [-0.15, -0.1) is 24.0 Å². The van der Waals surface area contributed by atoms with Gasteiger partial charge in [0.2, 0.25) is 0 Å². The summed E-state index contributed by atoms with van der Waals surface area (Å²) in [5, 5.41) is 6.69. The van der Waals surface area contributed by atoms with Gasteiger partial charge >= 0.3 is 0 Å². The van der Waals surface area contributed by atoms with Crippen LogP contribution in [-0.4, -0.2) is 25.2 Å². The molecule has 5 heteroatoms. The quantitative estimate of drug-likeness (QED) is 0.405. The van der Waals surface area contributed by atoms with E-state index in [4.69, 9.17) is 4.74 Å². The molecule has 1 fully saturated rings. The summed E-state index contributed by atoms with van der Waals surface area (Å²) in [5.74, 6) is 2.67. The van der Waals surface area contributed by atoms with Crippen molar-refractivity contribution >= 4 is 29.9 Å². The second-order valence-electron chi connectivity index (χ2n) is 5.83. The maximum Gasteiger partial charge on any atom is 0.191 e. The molecule has 1 saturated carbocycles. The van der Waals surface area contributed by atoms with E-state index in [1.807, 2.05) is 26.0 Å². The molecule has 0 radical (unpaired) electrons. The Balaban J connectivity index is 0.00000242. The van der Waals surface area contributed by atoms with Crippen molar-refractivity contribution in [2.24, 2.45) is 10.9 Å². The number of hydrogen-bond donors (Lipinski definition) is 2. The molecule has 0 aliphatic heterocycles. The van der Waals surface area contributed by atoms with Gasteiger partial charge in [0.25, 0.3) is 0 Å². The predicted octanol–water partition coefficient (Wildman–Crippen LogP) is 3.56. The average molecular weight is 417 g/mol. The maximum absolute atomic E-state index is 5.64. The van der Waals surface area contributed by atoms with E-state index in [1.54, 1.807) is 0 Å². The zero-order valence-corrected chi connectivity index (χ0v) is 16.1. The first-order chi connectivity index (χ1) is 10.2. The van der Waals surface area contributed by atoms with Crippen LogP contribution >= 0.6 is 24.0 Å². The van der Waals surface area contributed by atoms with Crippen LogP contribution in [0.2, 0.25) is 0 Å². The number of benzene rings is 1. The fourth-order valence-electron chi connectivity index (χ4n) is 2.02. The fraction of sp³-hybridized carbons (Fsp3) is 0.588. The highest BCUT2D eigenvalue weighted by molar-refractivity contribution is 14.0. The zero-order chi connectivity index (χ0) is 15.1. The Bertz CT molecular complexity index is 455. The number of hydrogen-bond acceptors (Lipinski definition) is 2. The van der Waals surface area contributed by atoms with E-state index in [0.717, 1.165) is 30.7 Å². The minimum absolute atomic E-state index is 0. The molecule has 0 bridgehead atoms. The molecule has 0 spiro atoms. The molecular weight excluding hydrogens is 389 g/mol. The van der Waals surface area contributed by atoms with Crippen molar-refractivity contribution in [3.8, 4) is 5.75 Å². The topological polar surface area (TPSA) is 45.7 Å². The highest BCUT2D eigenvalue weighted by Crippen LogP contribution is 2.27. The van der Waals surface area contributed by atoms with Gasteiger partial charge in [-0.25, -0.2) is 4.99 Å². The lowest BCUT2D eigenvalue weighted by molar-refractivity contribution is 0.242.